The number of aliphatic hydroxyl groups excluding tert-OH is 1. The van der Waals surface area contributed by atoms with E-state index in [1.54, 1.807) is 17.9 Å². The van der Waals surface area contributed by atoms with Gasteiger partial charge in [0, 0.05) is 12.6 Å². The molecule has 2 unspecified atom stereocenters. The fourth-order valence-electron chi connectivity index (χ4n) is 5.29. The number of ether oxygens (including phenoxy) is 2. The summed E-state index contributed by atoms with van der Waals surface area (Å²) in [6.45, 7) is 12.9. The van der Waals surface area contributed by atoms with Gasteiger partial charge in [-0.25, -0.2) is 0 Å². The van der Waals surface area contributed by atoms with Crippen LogP contribution in [0.4, 0.5) is 0 Å². The van der Waals surface area contributed by atoms with E-state index in [0.29, 0.717) is 19.4 Å². The summed E-state index contributed by atoms with van der Waals surface area (Å²) >= 11 is 0. The van der Waals surface area contributed by atoms with E-state index in [4.69, 9.17) is 9.47 Å². The number of esters is 1. The minimum absolute atomic E-state index is 0.0511. The van der Waals surface area contributed by atoms with Crippen LogP contribution in [0.15, 0.2) is 25.3 Å². The first kappa shape index (κ1) is 22.5. The van der Waals surface area contributed by atoms with E-state index in [1.165, 1.54) is 11.0 Å². The molecule has 1 spiro atoms. The van der Waals surface area contributed by atoms with Gasteiger partial charge in [-0.2, -0.15) is 0 Å². The van der Waals surface area contributed by atoms with Crippen LogP contribution in [0.1, 0.15) is 33.6 Å². The van der Waals surface area contributed by atoms with Crippen LogP contribution in [0.3, 0.4) is 0 Å². The molecule has 0 aromatic rings. The minimum atomic E-state index is -1.09. The van der Waals surface area contributed by atoms with Gasteiger partial charge in [0.1, 0.15) is 18.2 Å². The smallest absolute Gasteiger partial charge is 0.312 e. The van der Waals surface area contributed by atoms with E-state index in [0.717, 1.165) is 0 Å². The molecule has 0 aromatic carbocycles. The molecule has 3 fully saturated rings. The second-order valence-corrected chi connectivity index (χ2v) is 8.62. The maximum absolute atomic E-state index is 13.7. The monoisotopic (exact) mass is 420 g/mol. The van der Waals surface area contributed by atoms with Crippen LogP contribution in [-0.2, 0) is 23.9 Å². The molecule has 0 radical (unpaired) electrons. The lowest BCUT2D eigenvalue weighted by atomic mass is 9.70. The van der Waals surface area contributed by atoms with Gasteiger partial charge in [0.05, 0.1) is 30.6 Å². The van der Waals surface area contributed by atoms with Gasteiger partial charge in [-0.3, -0.25) is 14.4 Å². The van der Waals surface area contributed by atoms with Crippen LogP contribution < -0.4 is 0 Å². The zero-order chi connectivity index (χ0) is 22.2. The highest BCUT2D eigenvalue weighted by Gasteiger charge is 2.75. The fraction of sp³-hybridized carbons (Fsp3) is 0.682. The second-order valence-electron chi connectivity index (χ2n) is 8.62. The number of nitrogens with zero attached hydrogens (tertiary/aromatic N) is 2. The highest BCUT2D eigenvalue weighted by Crippen LogP contribution is 2.59. The number of carbonyl (C=O) groups excluding carboxylic acids is 3. The molecule has 1 N–H and O–H groups in total. The summed E-state index contributed by atoms with van der Waals surface area (Å²) in [7, 11) is 0. The summed E-state index contributed by atoms with van der Waals surface area (Å²) in [5.74, 6) is -2.64. The summed E-state index contributed by atoms with van der Waals surface area (Å²) in [5, 5.41) is 9.81. The van der Waals surface area contributed by atoms with Crippen molar-refractivity contribution in [3.8, 4) is 0 Å². The topological polar surface area (TPSA) is 96.4 Å². The van der Waals surface area contributed by atoms with Gasteiger partial charge in [-0.1, -0.05) is 18.7 Å². The predicted octanol–water partition coefficient (Wildman–Crippen LogP) is 0.894. The average Bonchev–Trinajstić information content (AvgIpc) is 3.36. The van der Waals surface area contributed by atoms with Gasteiger partial charge in [0.25, 0.3) is 0 Å². The Hall–Kier alpha value is -2.19. The molecule has 6 atom stereocenters. The Bertz CT molecular complexity index is 737. The molecule has 0 aliphatic carbocycles. The first-order chi connectivity index (χ1) is 14.2. The third kappa shape index (κ3) is 3.26. The van der Waals surface area contributed by atoms with Crippen LogP contribution in [0.25, 0.3) is 0 Å². The number of hydrogen-bond acceptors (Lipinski definition) is 6. The molecule has 3 heterocycles. The van der Waals surface area contributed by atoms with Gasteiger partial charge in [0.2, 0.25) is 11.8 Å². The molecule has 0 aromatic heterocycles. The number of aliphatic hydroxyl groups is 1. The standard InChI is InChI=1S/C22H32N2O6/c1-6-10-23(13(3)4)20(27)18-22-9-8-15(30-22)16(21(28)29-11-7-2)17(22)19(26)24(18)14(5)12-25/h6-7,13-18,25H,1-2,8-12H2,3-5H3/t14-,15-,16+,17+,18?,22?/m1/s1. The van der Waals surface area contributed by atoms with Crippen LogP contribution in [0.2, 0.25) is 0 Å². The molecule has 3 saturated heterocycles. The predicted molar refractivity (Wildman–Crippen MR) is 109 cm³/mol. The number of fused-ring (bicyclic) bond motifs is 1. The zero-order valence-electron chi connectivity index (χ0n) is 18.0. The molecular weight excluding hydrogens is 388 g/mol. The van der Waals surface area contributed by atoms with Crippen molar-refractivity contribution in [1.29, 1.82) is 0 Å². The molecule has 30 heavy (non-hydrogen) atoms. The Balaban J connectivity index is 2.04. The maximum atomic E-state index is 13.7. The summed E-state index contributed by atoms with van der Waals surface area (Å²) < 4.78 is 11.5. The van der Waals surface area contributed by atoms with Crippen LogP contribution in [0.5, 0.6) is 0 Å². The molecule has 3 aliphatic heterocycles. The maximum Gasteiger partial charge on any atom is 0.312 e. The van der Waals surface area contributed by atoms with E-state index >= 15 is 0 Å². The Morgan fingerprint density at radius 3 is 2.63 bits per heavy atom. The molecule has 166 valence electrons. The van der Waals surface area contributed by atoms with Crippen LogP contribution >= 0.6 is 0 Å². The molecular formula is C22H32N2O6. The van der Waals surface area contributed by atoms with Crippen molar-refractivity contribution in [3.05, 3.63) is 25.3 Å². The van der Waals surface area contributed by atoms with Crippen molar-refractivity contribution in [3.63, 3.8) is 0 Å². The largest absolute Gasteiger partial charge is 0.461 e. The Kier molecular flexibility index (Phi) is 6.38. The number of carbonyl (C=O) groups is 3. The number of hydrogen-bond donors (Lipinski definition) is 1. The van der Waals surface area contributed by atoms with Crippen molar-refractivity contribution in [2.75, 3.05) is 19.8 Å². The molecule has 3 aliphatic rings. The Morgan fingerprint density at radius 1 is 1.37 bits per heavy atom. The van der Waals surface area contributed by atoms with E-state index in [-0.39, 0.29) is 31.1 Å². The third-order valence-corrected chi connectivity index (χ3v) is 6.56. The Morgan fingerprint density at radius 2 is 2.07 bits per heavy atom. The average molecular weight is 421 g/mol. The van der Waals surface area contributed by atoms with Gasteiger partial charge in [-0.05, 0) is 33.6 Å². The van der Waals surface area contributed by atoms with Gasteiger partial charge >= 0.3 is 5.97 Å². The van der Waals surface area contributed by atoms with E-state index < -0.39 is 41.6 Å². The fourth-order valence-corrected chi connectivity index (χ4v) is 5.29. The van der Waals surface area contributed by atoms with Crippen LogP contribution in [0, 0.1) is 11.8 Å². The lowest BCUT2D eigenvalue weighted by Gasteiger charge is -2.39. The van der Waals surface area contributed by atoms with Crippen molar-refractivity contribution in [2.24, 2.45) is 11.8 Å². The van der Waals surface area contributed by atoms with E-state index in [9.17, 15) is 19.5 Å². The molecule has 2 amide bonds. The summed E-state index contributed by atoms with van der Waals surface area (Å²) in [5.41, 5.74) is -1.09. The SMILES string of the molecule is C=CCOC(=O)[C@@H]1[C@H]2C(=O)N([C@H](C)CO)C(C(=O)N(CC=C)C(C)C)C23CC[C@H]1O3. The number of amides is 2. The Labute approximate surface area is 177 Å². The minimum Gasteiger partial charge on any atom is -0.461 e. The molecule has 3 rings (SSSR count). The van der Waals surface area contributed by atoms with Crippen molar-refractivity contribution in [1.82, 2.24) is 9.80 Å². The van der Waals surface area contributed by atoms with Crippen LogP contribution in [-0.4, -0.2) is 82.3 Å². The zero-order valence-corrected chi connectivity index (χ0v) is 18.0. The molecule has 0 saturated carbocycles. The highest BCUT2D eigenvalue weighted by molar-refractivity contribution is 5.98. The summed E-state index contributed by atoms with van der Waals surface area (Å²) in [6.07, 6.45) is 3.74. The molecule has 8 heteroatoms. The van der Waals surface area contributed by atoms with Crippen molar-refractivity contribution in [2.45, 2.75) is 63.4 Å². The number of likely N-dealkylation sites (tertiary alicyclic amines) is 1. The normalized spacial score (nSPS) is 32.8. The van der Waals surface area contributed by atoms with Gasteiger partial charge < -0.3 is 24.4 Å². The van der Waals surface area contributed by atoms with Crippen molar-refractivity contribution < 1.29 is 29.0 Å². The lowest BCUT2D eigenvalue weighted by Crippen LogP contribution is -2.59. The van der Waals surface area contributed by atoms with Gasteiger partial charge in [0.15, 0.2) is 0 Å². The third-order valence-electron chi connectivity index (χ3n) is 6.56. The van der Waals surface area contributed by atoms with Gasteiger partial charge in [-0.15, -0.1) is 6.58 Å². The van der Waals surface area contributed by atoms with E-state index in [2.05, 4.69) is 13.2 Å². The van der Waals surface area contributed by atoms with Crippen molar-refractivity contribution >= 4 is 17.8 Å². The summed E-state index contributed by atoms with van der Waals surface area (Å²) in [6, 6.07) is -1.60. The second kappa shape index (κ2) is 8.51. The molecule has 2 bridgehead atoms. The first-order valence-electron chi connectivity index (χ1n) is 10.5. The van der Waals surface area contributed by atoms with E-state index in [1.807, 2.05) is 13.8 Å². The summed E-state index contributed by atoms with van der Waals surface area (Å²) in [4.78, 5) is 43.1. The quantitative estimate of drug-likeness (QED) is 0.440. The number of rotatable bonds is 9. The lowest BCUT2D eigenvalue weighted by molar-refractivity contribution is -0.155. The highest BCUT2D eigenvalue weighted by atomic mass is 16.6. The first-order valence-corrected chi connectivity index (χ1v) is 10.5. The molecule has 8 nitrogen and oxygen atoms in total.